The SMILES string of the molecule is CCOC1CC(N)(C(=O)NCC(=O)Nc2cccc3cccnc23)C1(C)C. The highest BCUT2D eigenvalue weighted by molar-refractivity contribution is 6.02. The first kappa shape index (κ1) is 19.3. The van der Waals surface area contributed by atoms with Crippen molar-refractivity contribution in [1.29, 1.82) is 0 Å². The van der Waals surface area contributed by atoms with E-state index in [-0.39, 0.29) is 24.5 Å². The van der Waals surface area contributed by atoms with E-state index in [0.717, 1.165) is 5.39 Å². The van der Waals surface area contributed by atoms with Gasteiger partial charge in [-0.15, -0.1) is 0 Å². The Hall–Kier alpha value is -2.51. The number of ether oxygens (including phenoxy) is 1. The van der Waals surface area contributed by atoms with Crippen molar-refractivity contribution in [2.24, 2.45) is 11.1 Å². The Kier molecular flexibility index (Phi) is 5.17. The minimum Gasteiger partial charge on any atom is -0.378 e. The fourth-order valence-corrected chi connectivity index (χ4v) is 3.54. The predicted octanol–water partition coefficient (Wildman–Crippen LogP) is 1.82. The molecule has 1 heterocycles. The number of anilines is 1. The molecule has 0 radical (unpaired) electrons. The number of carbonyl (C=O) groups excluding carboxylic acids is 2. The molecule has 7 nitrogen and oxygen atoms in total. The number of rotatable bonds is 6. The summed E-state index contributed by atoms with van der Waals surface area (Å²) in [6.07, 6.45) is 2.05. The van der Waals surface area contributed by atoms with Gasteiger partial charge in [-0.3, -0.25) is 14.6 Å². The first-order valence-electron chi connectivity index (χ1n) is 9.12. The third-order valence-electron chi connectivity index (χ3n) is 5.55. The van der Waals surface area contributed by atoms with Crippen LogP contribution in [-0.2, 0) is 14.3 Å². The van der Waals surface area contributed by atoms with Gasteiger partial charge in [0.2, 0.25) is 11.8 Å². The van der Waals surface area contributed by atoms with E-state index in [4.69, 9.17) is 10.5 Å². The Morgan fingerprint density at radius 2 is 2.04 bits per heavy atom. The predicted molar refractivity (Wildman–Crippen MR) is 104 cm³/mol. The number of carbonyl (C=O) groups is 2. The number of benzene rings is 1. The van der Waals surface area contributed by atoms with Crippen molar-refractivity contribution in [1.82, 2.24) is 10.3 Å². The first-order chi connectivity index (χ1) is 12.8. The van der Waals surface area contributed by atoms with Crippen LogP contribution >= 0.6 is 0 Å². The molecule has 1 aromatic carbocycles. The largest absolute Gasteiger partial charge is 0.378 e. The Morgan fingerprint density at radius 1 is 1.30 bits per heavy atom. The van der Waals surface area contributed by atoms with Crippen LogP contribution < -0.4 is 16.4 Å². The van der Waals surface area contributed by atoms with Crippen LogP contribution in [0.2, 0.25) is 0 Å². The summed E-state index contributed by atoms with van der Waals surface area (Å²) < 4.78 is 5.64. The lowest BCUT2D eigenvalue weighted by atomic mass is 9.54. The van der Waals surface area contributed by atoms with Crippen LogP contribution in [0.25, 0.3) is 10.9 Å². The van der Waals surface area contributed by atoms with Crippen LogP contribution in [0.5, 0.6) is 0 Å². The van der Waals surface area contributed by atoms with E-state index in [1.165, 1.54) is 0 Å². The van der Waals surface area contributed by atoms with Crippen LogP contribution in [0.3, 0.4) is 0 Å². The van der Waals surface area contributed by atoms with Gasteiger partial charge in [-0.05, 0) is 19.1 Å². The van der Waals surface area contributed by atoms with Crippen molar-refractivity contribution in [3.63, 3.8) is 0 Å². The van der Waals surface area contributed by atoms with Crippen molar-refractivity contribution < 1.29 is 14.3 Å². The molecule has 1 aliphatic carbocycles. The van der Waals surface area contributed by atoms with Gasteiger partial charge in [0, 0.05) is 30.0 Å². The minimum absolute atomic E-state index is 0.0613. The van der Waals surface area contributed by atoms with E-state index in [2.05, 4.69) is 15.6 Å². The van der Waals surface area contributed by atoms with Gasteiger partial charge < -0.3 is 21.1 Å². The summed E-state index contributed by atoms with van der Waals surface area (Å²) in [6, 6.07) is 9.31. The van der Waals surface area contributed by atoms with Gasteiger partial charge in [0.15, 0.2) is 0 Å². The van der Waals surface area contributed by atoms with Crippen LogP contribution in [0.1, 0.15) is 27.2 Å². The first-order valence-corrected chi connectivity index (χ1v) is 9.12. The standard InChI is InChI=1S/C20H26N4O3/c1-4-27-15-11-20(21,19(15,2)3)18(26)23-12-16(25)24-14-9-5-7-13-8-6-10-22-17(13)14/h5-10,15H,4,11-12,21H2,1-3H3,(H,23,26)(H,24,25). The second-order valence-corrected chi connectivity index (χ2v) is 7.45. The van der Waals surface area contributed by atoms with Crippen molar-refractivity contribution in [2.75, 3.05) is 18.5 Å². The molecule has 1 aliphatic rings. The Morgan fingerprint density at radius 3 is 2.74 bits per heavy atom. The molecule has 2 aromatic rings. The highest BCUT2D eigenvalue weighted by atomic mass is 16.5. The quantitative estimate of drug-likeness (QED) is 0.719. The van der Waals surface area contributed by atoms with Crippen molar-refractivity contribution >= 4 is 28.4 Å². The number of para-hydroxylation sites is 1. The molecule has 2 atom stereocenters. The van der Waals surface area contributed by atoms with Crippen LogP contribution in [0.15, 0.2) is 36.5 Å². The van der Waals surface area contributed by atoms with Gasteiger partial charge in [-0.2, -0.15) is 0 Å². The number of nitrogens with zero attached hydrogens (tertiary/aromatic N) is 1. The van der Waals surface area contributed by atoms with E-state index in [1.807, 2.05) is 45.0 Å². The molecule has 1 saturated carbocycles. The molecule has 1 fully saturated rings. The number of hydrogen-bond acceptors (Lipinski definition) is 5. The summed E-state index contributed by atoms with van der Waals surface area (Å²) in [6.45, 7) is 6.17. The van der Waals surface area contributed by atoms with Crippen LogP contribution in [-0.4, -0.2) is 41.6 Å². The maximum absolute atomic E-state index is 12.6. The summed E-state index contributed by atoms with van der Waals surface area (Å²) in [5.74, 6) is -0.668. The molecule has 3 rings (SSSR count). The molecule has 0 bridgehead atoms. The van der Waals surface area contributed by atoms with Crippen molar-refractivity contribution in [3.8, 4) is 0 Å². The summed E-state index contributed by atoms with van der Waals surface area (Å²) >= 11 is 0. The van der Waals surface area contributed by atoms with Gasteiger partial charge in [-0.1, -0.05) is 32.0 Å². The van der Waals surface area contributed by atoms with Gasteiger partial charge in [0.25, 0.3) is 0 Å². The number of amides is 2. The zero-order valence-electron chi connectivity index (χ0n) is 15.9. The summed E-state index contributed by atoms with van der Waals surface area (Å²) in [5.41, 5.74) is 6.09. The molecule has 27 heavy (non-hydrogen) atoms. The molecule has 0 aliphatic heterocycles. The average molecular weight is 370 g/mol. The molecule has 0 spiro atoms. The Labute approximate surface area is 158 Å². The fraction of sp³-hybridized carbons (Fsp3) is 0.450. The molecule has 7 heteroatoms. The van der Waals surface area contributed by atoms with E-state index < -0.39 is 11.0 Å². The summed E-state index contributed by atoms with van der Waals surface area (Å²) in [4.78, 5) is 29.2. The van der Waals surface area contributed by atoms with E-state index in [9.17, 15) is 9.59 Å². The Balaban J connectivity index is 1.60. The number of hydrogen-bond donors (Lipinski definition) is 3. The van der Waals surface area contributed by atoms with Gasteiger partial charge >= 0.3 is 0 Å². The second kappa shape index (κ2) is 7.25. The van der Waals surface area contributed by atoms with Crippen molar-refractivity contribution in [2.45, 2.75) is 38.8 Å². The highest BCUT2D eigenvalue weighted by Gasteiger charge is 2.62. The van der Waals surface area contributed by atoms with Gasteiger partial charge in [0.1, 0.15) is 5.54 Å². The molecular weight excluding hydrogens is 344 g/mol. The highest BCUT2D eigenvalue weighted by Crippen LogP contribution is 2.49. The zero-order valence-corrected chi connectivity index (χ0v) is 15.9. The van der Waals surface area contributed by atoms with E-state index >= 15 is 0 Å². The maximum atomic E-state index is 12.6. The van der Waals surface area contributed by atoms with Crippen molar-refractivity contribution in [3.05, 3.63) is 36.5 Å². The monoisotopic (exact) mass is 370 g/mol. The normalized spacial score (nSPS) is 23.5. The smallest absolute Gasteiger partial charge is 0.243 e. The number of pyridine rings is 1. The minimum atomic E-state index is -1.05. The molecule has 1 aromatic heterocycles. The molecule has 144 valence electrons. The van der Waals surface area contributed by atoms with Gasteiger partial charge in [-0.25, -0.2) is 0 Å². The number of aromatic nitrogens is 1. The molecule has 2 unspecified atom stereocenters. The van der Waals surface area contributed by atoms with E-state index in [0.29, 0.717) is 24.2 Å². The maximum Gasteiger partial charge on any atom is 0.243 e. The fourth-order valence-electron chi connectivity index (χ4n) is 3.54. The topological polar surface area (TPSA) is 106 Å². The number of nitrogens with one attached hydrogen (secondary N) is 2. The summed E-state index contributed by atoms with van der Waals surface area (Å²) in [7, 11) is 0. The molecular formula is C20H26N4O3. The number of fused-ring (bicyclic) bond motifs is 1. The molecule has 0 saturated heterocycles. The Bertz CT molecular complexity index is 862. The third-order valence-corrected chi connectivity index (χ3v) is 5.55. The molecule has 2 amide bonds. The van der Waals surface area contributed by atoms with Crippen LogP contribution in [0.4, 0.5) is 5.69 Å². The summed E-state index contributed by atoms with van der Waals surface area (Å²) in [5, 5.41) is 6.38. The molecule has 4 N–H and O–H groups in total. The second-order valence-electron chi connectivity index (χ2n) is 7.45. The lowest BCUT2D eigenvalue weighted by molar-refractivity contribution is -0.170. The number of nitrogens with two attached hydrogens (primary N) is 1. The lowest BCUT2D eigenvalue weighted by Crippen LogP contribution is -2.76. The van der Waals surface area contributed by atoms with E-state index in [1.54, 1.807) is 12.3 Å². The third kappa shape index (κ3) is 3.40. The average Bonchev–Trinajstić information content (AvgIpc) is 2.66. The lowest BCUT2D eigenvalue weighted by Gasteiger charge is -2.57. The zero-order chi connectivity index (χ0) is 19.7. The van der Waals surface area contributed by atoms with Crippen LogP contribution in [0, 0.1) is 5.41 Å². The van der Waals surface area contributed by atoms with Gasteiger partial charge in [0.05, 0.1) is 23.9 Å².